The van der Waals surface area contributed by atoms with E-state index < -0.39 is 0 Å². The van der Waals surface area contributed by atoms with Gasteiger partial charge < -0.3 is 0 Å². The van der Waals surface area contributed by atoms with Crippen LogP contribution in [-0.4, -0.2) is 42.2 Å². The molecule has 0 saturated heterocycles. The summed E-state index contributed by atoms with van der Waals surface area (Å²) in [5, 5.41) is 5.95. The fourth-order valence-corrected chi connectivity index (χ4v) is 7.92. The zero-order chi connectivity index (χ0) is 22.1. The maximum atomic E-state index is 2.23. The van der Waals surface area contributed by atoms with Crippen molar-refractivity contribution in [3.05, 3.63) is 121 Å². The van der Waals surface area contributed by atoms with Gasteiger partial charge in [0.25, 0.3) is 0 Å². The summed E-state index contributed by atoms with van der Waals surface area (Å²) in [6.07, 6.45) is 5.27. The molecule has 0 aromatic heterocycles. The van der Waals surface area contributed by atoms with Gasteiger partial charge in [-0.05, 0) is 45.9 Å². The van der Waals surface area contributed by atoms with Crippen LogP contribution in [-0.2, 0) is 0 Å². The Labute approximate surface area is 218 Å². The number of hydrogen-bond acceptors (Lipinski definition) is 0. The second kappa shape index (κ2) is 18.5. The third kappa shape index (κ3) is 13.0. The predicted molar refractivity (Wildman–Crippen MR) is 163 cm³/mol. The molecule has 0 amide bonds. The molecule has 0 heterocycles. The topological polar surface area (TPSA) is 0 Å². The maximum absolute atomic E-state index is 2.23. The van der Waals surface area contributed by atoms with Gasteiger partial charge in [-0.15, -0.1) is 0 Å². The third-order valence-electron chi connectivity index (χ3n) is 4.66. The first-order valence-corrected chi connectivity index (χ1v) is 15.9. The Kier molecular flexibility index (Phi) is 15.9. The van der Waals surface area contributed by atoms with E-state index in [1.807, 2.05) is 0 Å². The first-order valence-electron chi connectivity index (χ1n) is 11.1. The van der Waals surface area contributed by atoms with Crippen LogP contribution in [0.2, 0.25) is 0 Å². The van der Waals surface area contributed by atoms with E-state index in [0.717, 1.165) is 34.3 Å². The fourth-order valence-electron chi connectivity index (χ4n) is 3.05. The molecular formula is C28H32GeP4. The van der Waals surface area contributed by atoms with Gasteiger partial charge in [0.1, 0.15) is 0 Å². The van der Waals surface area contributed by atoms with Gasteiger partial charge in [-0.25, -0.2) is 0 Å². The number of benzene rings is 4. The molecule has 0 spiro atoms. The second-order valence-electron chi connectivity index (χ2n) is 7.17. The Hall–Kier alpha value is -0.857. The first-order chi connectivity index (χ1) is 15.9. The molecule has 168 valence electrons. The van der Waals surface area contributed by atoms with Crippen molar-refractivity contribution in [1.29, 1.82) is 0 Å². The number of hydrogen-bond donors (Lipinski definition) is 0. The largest absolute Gasteiger partial charge is 0.0900 e. The van der Waals surface area contributed by atoms with Gasteiger partial charge in [0, 0.05) is 17.6 Å². The van der Waals surface area contributed by atoms with Gasteiger partial charge >= 0.3 is 0 Å². The molecule has 4 aromatic carbocycles. The standard InChI is InChI=1S/2C14H16P2.Ge/c2*1-3-7-13(8-4-1)15-11-12-16-14-9-5-2-6-10-14;/h2*1-10,15-16H,11-12H2;. The summed E-state index contributed by atoms with van der Waals surface area (Å²) in [5.74, 6) is 0. The molecule has 0 bridgehead atoms. The van der Waals surface area contributed by atoms with Crippen molar-refractivity contribution in [2.45, 2.75) is 0 Å². The molecule has 0 saturated carbocycles. The van der Waals surface area contributed by atoms with E-state index in [1.54, 1.807) is 0 Å². The molecule has 5 heteroatoms. The van der Waals surface area contributed by atoms with Gasteiger partial charge in [-0.1, -0.05) is 156 Å². The summed E-state index contributed by atoms with van der Waals surface area (Å²) in [5.41, 5.74) is 0. The average Bonchev–Trinajstić information content (AvgIpc) is 2.88. The van der Waals surface area contributed by atoms with E-state index in [1.165, 1.54) is 45.9 Å². The van der Waals surface area contributed by atoms with Crippen LogP contribution in [0.1, 0.15) is 0 Å². The van der Waals surface area contributed by atoms with Gasteiger partial charge in [0.15, 0.2) is 0 Å². The van der Waals surface area contributed by atoms with Crippen molar-refractivity contribution in [3.8, 4) is 0 Å². The molecule has 33 heavy (non-hydrogen) atoms. The van der Waals surface area contributed by atoms with Crippen molar-refractivity contribution in [2.24, 2.45) is 0 Å². The Balaban J connectivity index is 0.000000227. The minimum absolute atomic E-state index is 0. The molecule has 0 N–H and O–H groups in total. The summed E-state index contributed by atoms with van der Waals surface area (Å²) in [7, 11) is 3.85. The van der Waals surface area contributed by atoms with Crippen molar-refractivity contribution in [1.82, 2.24) is 0 Å². The summed E-state index contributed by atoms with van der Waals surface area (Å²) in [6.45, 7) is 0. The first kappa shape index (κ1) is 28.4. The van der Waals surface area contributed by atoms with Gasteiger partial charge in [-0.2, -0.15) is 0 Å². The normalized spacial score (nSPS) is 11.4. The van der Waals surface area contributed by atoms with Crippen LogP contribution in [0.5, 0.6) is 0 Å². The Morgan fingerprint density at radius 3 is 0.667 bits per heavy atom. The quantitative estimate of drug-likeness (QED) is 0.133. The van der Waals surface area contributed by atoms with Crippen molar-refractivity contribution >= 4 is 73.1 Å². The third-order valence-corrected chi connectivity index (χ3v) is 10.6. The van der Waals surface area contributed by atoms with E-state index >= 15 is 0 Å². The molecule has 0 aliphatic heterocycles. The van der Waals surface area contributed by atoms with Gasteiger partial charge in [-0.3, -0.25) is 0 Å². The van der Waals surface area contributed by atoms with Crippen LogP contribution in [0.3, 0.4) is 0 Å². The Morgan fingerprint density at radius 1 is 0.303 bits per heavy atom. The molecule has 4 aromatic rings. The molecule has 0 fully saturated rings. The molecular weight excluding hydrogens is 533 g/mol. The SMILES string of the molecule is [Ge].c1ccc(PCCPc2ccccc2)cc1.c1ccc(PCCPc2ccccc2)cc1. The molecule has 0 nitrogen and oxygen atoms in total. The zero-order valence-corrected chi connectivity index (χ0v) is 25.0. The summed E-state index contributed by atoms with van der Waals surface area (Å²) < 4.78 is 0. The van der Waals surface area contributed by atoms with Crippen LogP contribution in [0.25, 0.3) is 0 Å². The van der Waals surface area contributed by atoms with E-state index in [9.17, 15) is 0 Å². The van der Waals surface area contributed by atoms with Gasteiger partial charge in [0.2, 0.25) is 0 Å². The molecule has 4 radical (unpaired) electrons. The monoisotopic (exact) mass is 566 g/mol. The molecule has 0 aliphatic carbocycles. The molecule has 0 aliphatic rings. The fraction of sp³-hybridized carbons (Fsp3) is 0.143. The smallest absolute Gasteiger partial charge is 0 e. The molecule has 4 rings (SSSR count). The van der Waals surface area contributed by atoms with Crippen LogP contribution in [0.4, 0.5) is 0 Å². The van der Waals surface area contributed by atoms with Crippen LogP contribution < -0.4 is 21.2 Å². The zero-order valence-electron chi connectivity index (χ0n) is 18.9. The van der Waals surface area contributed by atoms with E-state index in [4.69, 9.17) is 0 Å². The van der Waals surface area contributed by atoms with E-state index in [2.05, 4.69) is 121 Å². The van der Waals surface area contributed by atoms with Crippen LogP contribution in [0, 0.1) is 0 Å². The minimum atomic E-state index is 0. The summed E-state index contributed by atoms with van der Waals surface area (Å²) in [4.78, 5) is 0. The average molecular weight is 565 g/mol. The minimum Gasteiger partial charge on any atom is -0.0900 e. The second-order valence-corrected chi connectivity index (χ2v) is 12.9. The molecule has 4 atom stereocenters. The van der Waals surface area contributed by atoms with Crippen LogP contribution >= 0.6 is 34.3 Å². The summed E-state index contributed by atoms with van der Waals surface area (Å²) >= 11 is 0. The van der Waals surface area contributed by atoms with Crippen molar-refractivity contribution in [3.63, 3.8) is 0 Å². The summed E-state index contributed by atoms with van der Waals surface area (Å²) in [6, 6.07) is 43.2. The Morgan fingerprint density at radius 2 is 0.485 bits per heavy atom. The van der Waals surface area contributed by atoms with Crippen molar-refractivity contribution in [2.75, 3.05) is 24.6 Å². The van der Waals surface area contributed by atoms with E-state index in [-0.39, 0.29) is 17.6 Å². The van der Waals surface area contributed by atoms with Crippen LogP contribution in [0.15, 0.2) is 121 Å². The predicted octanol–water partition coefficient (Wildman–Crippen LogP) is 5.61. The van der Waals surface area contributed by atoms with E-state index in [0.29, 0.717) is 0 Å². The maximum Gasteiger partial charge on any atom is 0 e. The number of rotatable bonds is 10. The van der Waals surface area contributed by atoms with Crippen molar-refractivity contribution < 1.29 is 0 Å². The molecule has 4 unspecified atom stereocenters. The van der Waals surface area contributed by atoms with Gasteiger partial charge in [0.05, 0.1) is 0 Å². The Bertz CT molecular complexity index is 802.